The molecular formula is C90H78F2N2O4. The van der Waals surface area contributed by atoms with Gasteiger partial charge in [-0.05, 0) is 227 Å². The van der Waals surface area contributed by atoms with Crippen LogP contribution in [0.2, 0.25) is 0 Å². The minimum atomic E-state index is -0.713. The van der Waals surface area contributed by atoms with E-state index in [1.165, 1.54) is 33.4 Å². The third-order valence-corrected chi connectivity index (χ3v) is 21.8. The van der Waals surface area contributed by atoms with Crippen molar-refractivity contribution in [2.75, 3.05) is 49.4 Å². The first-order valence-electron chi connectivity index (χ1n) is 34.4. The van der Waals surface area contributed by atoms with Crippen LogP contribution in [0.15, 0.2) is 267 Å². The largest absolute Gasteiger partial charge is 0.493 e. The Hall–Kier alpha value is -10.4. The van der Waals surface area contributed by atoms with Gasteiger partial charge < -0.3 is 28.7 Å². The zero-order chi connectivity index (χ0) is 66.9. The Balaban J connectivity index is 0.769. The summed E-state index contributed by atoms with van der Waals surface area (Å²) in [4.78, 5) is 4.34. The van der Waals surface area contributed by atoms with Crippen molar-refractivity contribution in [3.05, 3.63) is 345 Å². The molecule has 486 valence electrons. The van der Waals surface area contributed by atoms with Gasteiger partial charge in [0.25, 0.3) is 0 Å². The third-order valence-electron chi connectivity index (χ3n) is 21.8. The molecule has 0 N–H and O–H groups in total. The van der Waals surface area contributed by atoms with Gasteiger partial charge in [0.05, 0.1) is 61.3 Å². The van der Waals surface area contributed by atoms with Crippen molar-refractivity contribution >= 4 is 34.1 Å². The van der Waals surface area contributed by atoms with Crippen LogP contribution < -0.4 is 19.3 Å². The maximum absolute atomic E-state index is 16.1. The van der Waals surface area contributed by atoms with E-state index >= 15 is 8.78 Å². The van der Waals surface area contributed by atoms with Crippen molar-refractivity contribution in [2.24, 2.45) is 10.8 Å². The lowest BCUT2D eigenvalue weighted by Gasteiger charge is -2.40. The van der Waals surface area contributed by atoms with Crippen LogP contribution in [0, 0.1) is 50.2 Å². The Labute approximate surface area is 574 Å². The molecule has 0 saturated carbocycles. The van der Waals surface area contributed by atoms with Crippen molar-refractivity contribution in [3.63, 3.8) is 0 Å². The van der Waals surface area contributed by atoms with Gasteiger partial charge >= 0.3 is 0 Å². The normalized spacial score (nSPS) is 17.3. The molecule has 2 fully saturated rings. The van der Waals surface area contributed by atoms with Crippen LogP contribution >= 0.6 is 0 Å². The summed E-state index contributed by atoms with van der Waals surface area (Å²) in [6, 6.07) is 94.4. The van der Waals surface area contributed by atoms with Crippen molar-refractivity contribution in [1.29, 1.82) is 0 Å². The van der Waals surface area contributed by atoms with E-state index in [2.05, 4.69) is 268 Å². The van der Waals surface area contributed by atoms with Crippen LogP contribution in [-0.4, -0.2) is 39.6 Å². The van der Waals surface area contributed by atoms with Crippen molar-refractivity contribution in [2.45, 2.75) is 65.2 Å². The molecule has 4 aliphatic rings. The number of rotatable bonds is 19. The van der Waals surface area contributed by atoms with Crippen molar-refractivity contribution < 1.29 is 27.7 Å². The molecule has 2 aliphatic heterocycles. The van der Waals surface area contributed by atoms with Gasteiger partial charge in [0.2, 0.25) is 0 Å². The second-order valence-electron chi connectivity index (χ2n) is 27.7. The average molecular weight is 1290 g/mol. The van der Waals surface area contributed by atoms with Crippen LogP contribution in [0.25, 0.3) is 33.4 Å². The maximum atomic E-state index is 16.1. The molecule has 0 spiro atoms. The van der Waals surface area contributed by atoms with Gasteiger partial charge in [-0.15, -0.1) is 0 Å². The number of aryl methyl sites for hydroxylation is 4. The molecule has 2 aliphatic carbocycles. The molecule has 98 heavy (non-hydrogen) atoms. The Morgan fingerprint density at radius 2 is 0.653 bits per heavy atom. The molecule has 2 saturated heterocycles. The lowest BCUT2D eigenvalue weighted by molar-refractivity contribution is -0.133. The van der Waals surface area contributed by atoms with E-state index in [0.29, 0.717) is 35.7 Å². The van der Waals surface area contributed by atoms with E-state index < -0.39 is 10.8 Å². The molecule has 12 aromatic carbocycles. The van der Waals surface area contributed by atoms with Crippen molar-refractivity contribution in [1.82, 2.24) is 0 Å². The minimum absolute atomic E-state index is 0.0451. The Morgan fingerprint density at radius 3 is 0.990 bits per heavy atom. The predicted octanol–water partition coefficient (Wildman–Crippen LogP) is 22.1. The van der Waals surface area contributed by atoms with Crippen molar-refractivity contribution in [3.8, 4) is 44.9 Å². The summed E-state index contributed by atoms with van der Waals surface area (Å²) >= 11 is 0. The quantitative estimate of drug-likeness (QED) is 0.0804. The Kier molecular flexibility index (Phi) is 15.9. The molecule has 2 heterocycles. The third kappa shape index (κ3) is 10.5. The van der Waals surface area contributed by atoms with E-state index in [-0.39, 0.29) is 22.5 Å². The summed E-state index contributed by atoms with van der Waals surface area (Å²) in [5, 5.41) is 0. The average Bonchev–Trinajstić information content (AvgIpc) is 1.53. The van der Waals surface area contributed by atoms with Gasteiger partial charge in [0.15, 0.2) is 0 Å². The Bertz CT molecular complexity index is 4640. The first-order valence-corrected chi connectivity index (χ1v) is 34.4. The van der Waals surface area contributed by atoms with Gasteiger partial charge in [0.1, 0.15) is 23.1 Å². The highest BCUT2D eigenvalue weighted by Crippen LogP contribution is 2.60. The number of hydrogen-bond donors (Lipinski definition) is 0. The molecule has 8 heteroatoms. The van der Waals surface area contributed by atoms with Crippen LogP contribution in [0.3, 0.4) is 0 Å². The van der Waals surface area contributed by atoms with Crippen LogP contribution in [0.4, 0.5) is 42.9 Å². The summed E-state index contributed by atoms with van der Waals surface area (Å²) < 4.78 is 56.5. The van der Waals surface area contributed by atoms with Gasteiger partial charge in [-0.25, -0.2) is 8.78 Å². The van der Waals surface area contributed by atoms with E-state index in [1.807, 2.05) is 24.3 Å². The standard InChI is InChI=1S/C90H78F2N2O4/c1-7-87(53-95-54-87)57-97-75-43-31-67(32-44-75)89(65-27-17-59(3)18-28-65)81-15-11-9-13-77(81)79-47-41-71(49-83(79)89)93(73-35-21-61(5)85(91)51-73)69-37-23-63(24-38-69)64-25-39-70(40-26-64)94(74-36-22-62(6)86(92)52-74)72-42-48-80-78-14-10-12-16-82(78)90(84(80)50-72,66-29-19-60(4)20-30-66)68-33-45-76(46-34-68)98-58-88(8-2)55-96-56-88/h9-52H,7-8,53-58H2,1-6H3. The van der Waals surface area contributed by atoms with E-state index in [1.54, 1.807) is 26.0 Å². The molecule has 0 amide bonds. The van der Waals surface area contributed by atoms with Gasteiger partial charge in [0, 0.05) is 34.1 Å². The number of fused-ring (bicyclic) bond motifs is 6. The van der Waals surface area contributed by atoms with Crippen LogP contribution in [0.5, 0.6) is 11.5 Å². The van der Waals surface area contributed by atoms with Gasteiger partial charge in [-0.2, -0.15) is 0 Å². The minimum Gasteiger partial charge on any atom is -0.493 e. The van der Waals surface area contributed by atoms with E-state index in [4.69, 9.17) is 18.9 Å². The molecule has 0 radical (unpaired) electrons. The highest BCUT2D eigenvalue weighted by atomic mass is 19.1. The fraction of sp³-hybridized carbons (Fsp3) is 0.200. The number of benzene rings is 12. The number of halogens is 2. The van der Waals surface area contributed by atoms with E-state index in [0.717, 1.165) is 129 Å². The molecule has 2 unspecified atom stereocenters. The summed E-state index contributed by atoms with van der Waals surface area (Å²) in [5.74, 6) is 1.10. The second-order valence-corrected chi connectivity index (χ2v) is 27.7. The summed E-state index contributed by atoms with van der Waals surface area (Å²) in [7, 11) is 0. The number of ether oxygens (including phenoxy) is 4. The SMILES string of the molecule is CCC1(COc2ccc(C3(c4ccc(C)cc4)c4ccccc4-c4ccc(N(c5ccc(-c6ccc(N(c7ccc(C)c(F)c7)c7ccc8c(c7)C(c7ccc(C)cc7)(c7ccc(OCC9(CC)COC9)cc7)c7ccccc7-8)cc6)cc5)c5ccc(C)c(F)c5)cc43)cc2)COC1. The zero-order valence-corrected chi connectivity index (χ0v) is 56.3. The molecule has 2 atom stereocenters. The number of anilines is 6. The predicted molar refractivity (Wildman–Crippen MR) is 393 cm³/mol. The van der Waals surface area contributed by atoms with Crippen LogP contribution in [-0.2, 0) is 20.3 Å². The highest BCUT2D eigenvalue weighted by Gasteiger charge is 2.49. The topological polar surface area (TPSA) is 43.4 Å². The fourth-order valence-electron chi connectivity index (χ4n) is 15.6. The number of hydrogen-bond acceptors (Lipinski definition) is 6. The van der Waals surface area contributed by atoms with Gasteiger partial charge in [-0.3, -0.25) is 0 Å². The lowest BCUT2D eigenvalue weighted by Crippen LogP contribution is -2.46. The summed E-state index contributed by atoms with van der Waals surface area (Å²) in [5.41, 5.74) is 22.9. The molecule has 0 bridgehead atoms. The monoisotopic (exact) mass is 1290 g/mol. The van der Waals surface area contributed by atoms with Crippen LogP contribution in [0.1, 0.15) is 93.5 Å². The number of nitrogens with zero attached hydrogens (tertiary/aromatic N) is 2. The summed E-state index contributed by atoms with van der Waals surface area (Å²) in [6.45, 7) is 16.4. The maximum Gasteiger partial charge on any atom is 0.128 e. The zero-order valence-electron chi connectivity index (χ0n) is 56.3. The smallest absolute Gasteiger partial charge is 0.128 e. The molecular weight excluding hydrogens is 1210 g/mol. The lowest BCUT2D eigenvalue weighted by atomic mass is 9.67. The fourth-order valence-corrected chi connectivity index (χ4v) is 15.6. The first kappa shape index (κ1) is 62.4. The molecule has 0 aromatic heterocycles. The molecule has 16 rings (SSSR count). The van der Waals surface area contributed by atoms with Gasteiger partial charge in [-0.1, -0.05) is 195 Å². The Morgan fingerprint density at radius 1 is 0.337 bits per heavy atom. The highest BCUT2D eigenvalue weighted by molar-refractivity contribution is 5.92. The molecule has 6 nitrogen and oxygen atoms in total. The molecule has 12 aromatic rings. The first-order chi connectivity index (χ1) is 47.8. The second kappa shape index (κ2) is 24.9. The summed E-state index contributed by atoms with van der Waals surface area (Å²) in [6.07, 6.45) is 2.00. The van der Waals surface area contributed by atoms with E-state index in [9.17, 15) is 0 Å².